The number of rotatable bonds is 1. The lowest BCUT2D eigenvalue weighted by Gasteiger charge is -2.52. The predicted molar refractivity (Wildman–Crippen MR) is 92.2 cm³/mol. The summed E-state index contributed by atoms with van der Waals surface area (Å²) >= 11 is 5.57. The molecule has 5 heteroatoms. The molecule has 2 unspecified atom stereocenters. The SMILES string of the molecule is Cc1ccc(N2C(=S)NC3CC2(C)Oc2ccc(F)cc23)cc1. The lowest BCUT2D eigenvalue weighted by Crippen LogP contribution is -2.65. The summed E-state index contributed by atoms with van der Waals surface area (Å²) in [5.74, 6) is 0.446. The summed E-state index contributed by atoms with van der Waals surface area (Å²) in [7, 11) is 0. The van der Waals surface area contributed by atoms with Crippen LogP contribution >= 0.6 is 12.2 Å². The van der Waals surface area contributed by atoms with Crippen LogP contribution in [0.1, 0.15) is 30.5 Å². The zero-order chi connectivity index (χ0) is 16.2. The molecule has 1 fully saturated rings. The van der Waals surface area contributed by atoms with E-state index >= 15 is 0 Å². The van der Waals surface area contributed by atoms with E-state index < -0.39 is 5.72 Å². The summed E-state index contributed by atoms with van der Waals surface area (Å²) in [6.45, 7) is 4.08. The van der Waals surface area contributed by atoms with Crippen molar-refractivity contribution in [2.45, 2.75) is 32.0 Å². The zero-order valence-electron chi connectivity index (χ0n) is 13.0. The Bertz CT molecular complexity index is 792. The molecule has 2 aliphatic rings. The van der Waals surface area contributed by atoms with Gasteiger partial charge in [0.05, 0.1) is 6.04 Å². The van der Waals surface area contributed by atoms with Crippen LogP contribution in [0.15, 0.2) is 42.5 Å². The smallest absolute Gasteiger partial charge is 0.188 e. The van der Waals surface area contributed by atoms with Crippen LogP contribution in [0.2, 0.25) is 0 Å². The van der Waals surface area contributed by atoms with Crippen molar-refractivity contribution in [3.8, 4) is 5.75 Å². The van der Waals surface area contributed by atoms with Gasteiger partial charge in [-0.15, -0.1) is 0 Å². The van der Waals surface area contributed by atoms with Crippen molar-refractivity contribution in [2.75, 3.05) is 4.90 Å². The summed E-state index contributed by atoms with van der Waals surface area (Å²) in [6.07, 6.45) is 0.692. The van der Waals surface area contributed by atoms with Crippen LogP contribution in [-0.2, 0) is 0 Å². The molecule has 2 aliphatic heterocycles. The fraction of sp³-hybridized carbons (Fsp3) is 0.278. The summed E-state index contributed by atoms with van der Waals surface area (Å²) in [6, 6.07) is 12.8. The van der Waals surface area contributed by atoms with Gasteiger partial charge in [-0.3, -0.25) is 4.90 Å². The van der Waals surface area contributed by atoms with Crippen LogP contribution in [0.5, 0.6) is 5.75 Å². The molecule has 2 aromatic rings. The minimum absolute atomic E-state index is 0.0337. The Morgan fingerprint density at radius 3 is 2.74 bits per heavy atom. The van der Waals surface area contributed by atoms with Gasteiger partial charge in [-0.1, -0.05) is 17.7 Å². The second-order valence-corrected chi connectivity index (χ2v) is 6.72. The average molecular weight is 328 g/mol. The van der Waals surface area contributed by atoms with Crippen molar-refractivity contribution in [2.24, 2.45) is 0 Å². The Kier molecular flexibility index (Phi) is 3.10. The first-order valence-corrected chi connectivity index (χ1v) is 8.03. The van der Waals surface area contributed by atoms with Crippen molar-refractivity contribution in [1.29, 1.82) is 0 Å². The monoisotopic (exact) mass is 328 g/mol. The van der Waals surface area contributed by atoms with E-state index in [9.17, 15) is 4.39 Å². The highest BCUT2D eigenvalue weighted by Crippen LogP contribution is 2.45. The van der Waals surface area contributed by atoms with Crippen LogP contribution in [0.3, 0.4) is 0 Å². The van der Waals surface area contributed by atoms with E-state index in [-0.39, 0.29) is 11.9 Å². The maximum absolute atomic E-state index is 13.6. The van der Waals surface area contributed by atoms with Crippen molar-refractivity contribution >= 4 is 23.0 Å². The van der Waals surface area contributed by atoms with Gasteiger partial charge in [-0.2, -0.15) is 0 Å². The van der Waals surface area contributed by atoms with Crippen LogP contribution in [0.25, 0.3) is 0 Å². The summed E-state index contributed by atoms with van der Waals surface area (Å²) < 4.78 is 19.8. The second-order valence-electron chi connectivity index (χ2n) is 6.34. The number of hydrogen-bond acceptors (Lipinski definition) is 2. The van der Waals surface area contributed by atoms with Gasteiger partial charge >= 0.3 is 0 Å². The Hall–Kier alpha value is -2.14. The van der Waals surface area contributed by atoms with Crippen molar-refractivity contribution < 1.29 is 9.13 Å². The van der Waals surface area contributed by atoms with E-state index in [1.807, 2.05) is 24.0 Å². The average Bonchev–Trinajstić information content (AvgIpc) is 2.49. The first kappa shape index (κ1) is 14.5. The second kappa shape index (κ2) is 4.93. The van der Waals surface area contributed by atoms with Crippen LogP contribution in [-0.4, -0.2) is 10.8 Å². The van der Waals surface area contributed by atoms with Gasteiger partial charge in [0.15, 0.2) is 10.8 Å². The maximum atomic E-state index is 13.6. The molecule has 1 saturated heterocycles. The number of hydrogen-bond donors (Lipinski definition) is 1. The van der Waals surface area contributed by atoms with Crippen molar-refractivity contribution in [3.05, 3.63) is 59.4 Å². The molecule has 0 aromatic heterocycles. The summed E-state index contributed by atoms with van der Waals surface area (Å²) in [4.78, 5) is 2.00. The van der Waals surface area contributed by atoms with Gasteiger partial charge in [0.1, 0.15) is 11.6 Å². The van der Waals surface area contributed by atoms with Crippen LogP contribution in [0, 0.1) is 12.7 Å². The number of ether oxygens (including phenoxy) is 1. The third-order valence-electron chi connectivity index (χ3n) is 4.53. The lowest BCUT2D eigenvalue weighted by atomic mass is 9.90. The largest absolute Gasteiger partial charge is 0.467 e. The number of nitrogens with zero attached hydrogens (tertiary/aromatic N) is 1. The number of benzene rings is 2. The van der Waals surface area contributed by atoms with Gasteiger partial charge in [0, 0.05) is 17.7 Å². The van der Waals surface area contributed by atoms with E-state index in [2.05, 4.69) is 24.4 Å². The highest BCUT2D eigenvalue weighted by Gasteiger charge is 2.48. The molecule has 2 atom stereocenters. The van der Waals surface area contributed by atoms with Crippen molar-refractivity contribution in [1.82, 2.24) is 5.32 Å². The molecule has 2 bridgehead atoms. The molecular formula is C18H17FN2OS. The number of anilines is 1. The molecule has 0 spiro atoms. The van der Waals surface area contributed by atoms with Gasteiger partial charge < -0.3 is 10.1 Å². The molecule has 0 saturated carbocycles. The third kappa shape index (κ3) is 2.27. The Labute approximate surface area is 140 Å². The minimum atomic E-state index is -0.590. The van der Waals surface area contributed by atoms with Crippen LogP contribution in [0.4, 0.5) is 10.1 Å². The first-order chi connectivity index (χ1) is 11.0. The predicted octanol–water partition coefficient (Wildman–Crippen LogP) is 4.07. The van der Waals surface area contributed by atoms with Crippen LogP contribution < -0.4 is 15.0 Å². The number of aryl methyl sites for hydroxylation is 1. The van der Waals surface area contributed by atoms with E-state index in [0.29, 0.717) is 17.3 Å². The molecule has 2 heterocycles. The fourth-order valence-corrected chi connectivity index (χ4v) is 3.87. The molecule has 118 valence electrons. The lowest BCUT2D eigenvalue weighted by molar-refractivity contribution is 0.0495. The normalized spacial score (nSPS) is 25.4. The Morgan fingerprint density at radius 1 is 1.26 bits per heavy atom. The Balaban J connectivity index is 1.79. The standard InChI is InChI=1S/C18H17FN2OS/c1-11-3-6-13(7-4-11)21-17(23)20-15-10-18(21,2)22-16-8-5-12(19)9-14(15)16/h3-9,15H,10H2,1-2H3,(H,20,23). The maximum Gasteiger partial charge on any atom is 0.188 e. The van der Waals surface area contributed by atoms with E-state index in [1.54, 1.807) is 6.07 Å². The topological polar surface area (TPSA) is 24.5 Å². The van der Waals surface area contributed by atoms with E-state index in [0.717, 1.165) is 11.3 Å². The fourth-order valence-electron chi connectivity index (χ4n) is 3.43. The molecule has 0 radical (unpaired) electrons. The van der Waals surface area contributed by atoms with E-state index in [4.69, 9.17) is 17.0 Å². The highest BCUT2D eigenvalue weighted by atomic mass is 32.1. The first-order valence-electron chi connectivity index (χ1n) is 7.62. The molecule has 3 nitrogen and oxygen atoms in total. The molecule has 0 amide bonds. The quantitative estimate of drug-likeness (QED) is 0.798. The molecular weight excluding hydrogens is 311 g/mol. The Morgan fingerprint density at radius 2 is 2.00 bits per heavy atom. The number of nitrogens with one attached hydrogen (secondary N) is 1. The molecule has 2 aromatic carbocycles. The van der Waals surface area contributed by atoms with Gasteiger partial charge in [-0.05, 0) is 56.4 Å². The molecule has 0 aliphatic carbocycles. The van der Waals surface area contributed by atoms with Gasteiger partial charge in [0.25, 0.3) is 0 Å². The molecule has 23 heavy (non-hydrogen) atoms. The third-order valence-corrected chi connectivity index (χ3v) is 4.83. The van der Waals surface area contributed by atoms with E-state index in [1.165, 1.54) is 17.7 Å². The molecule has 1 N–H and O–H groups in total. The number of halogens is 1. The van der Waals surface area contributed by atoms with Crippen molar-refractivity contribution in [3.63, 3.8) is 0 Å². The number of fused-ring (bicyclic) bond motifs is 4. The number of thiocarbonyl (C=S) groups is 1. The van der Waals surface area contributed by atoms with Gasteiger partial charge in [-0.25, -0.2) is 4.39 Å². The summed E-state index contributed by atoms with van der Waals surface area (Å²) in [5.41, 5.74) is 2.42. The highest BCUT2D eigenvalue weighted by molar-refractivity contribution is 7.80. The molecule has 4 rings (SSSR count). The van der Waals surface area contributed by atoms with Gasteiger partial charge in [0.2, 0.25) is 0 Å². The summed E-state index contributed by atoms with van der Waals surface area (Å²) in [5, 5.41) is 3.93. The zero-order valence-corrected chi connectivity index (χ0v) is 13.8. The minimum Gasteiger partial charge on any atom is -0.467 e.